The molecule has 0 amide bonds. The Kier molecular flexibility index (Phi) is 5.42. The molecule has 0 unspecified atom stereocenters. The molecule has 0 atom stereocenters. The number of aromatic nitrogens is 1. The average Bonchev–Trinajstić information content (AvgIpc) is 3.01. The van der Waals surface area contributed by atoms with Gasteiger partial charge in [0.2, 0.25) is 0 Å². The summed E-state index contributed by atoms with van der Waals surface area (Å²) in [5.41, 5.74) is 4.75. The van der Waals surface area contributed by atoms with Crippen molar-refractivity contribution in [1.82, 2.24) is 4.57 Å². The van der Waals surface area contributed by atoms with Gasteiger partial charge in [-0.1, -0.05) is 70.0 Å². The topological polar surface area (TPSA) is 17.3 Å². The van der Waals surface area contributed by atoms with Gasteiger partial charge in [-0.3, -0.25) is 4.99 Å². The summed E-state index contributed by atoms with van der Waals surface area (Å²) in [6, 6.07) is 24.7. The van der Waals surface area contributed by atoms with Crippen molar-refractivity contribution < 1.29 is 0 Å². The van der Waals surface area contributed by atoms with Crippen LogP contribution in [0.25, 0.3) is 10.9 Å². The van der Waals surface area contributed by atoms with E-state index in [-0.39, 0.29) is 0 Å². The Labute approximate surface area is 172 Å². The van der Waals surface area contributed by atoms with Crippen molar-refractivity contribution in [2.24, 2.45) is 4.99 Å². The van der Waals surface area contributed by atoms with Gasteiger partial charge in [-0.25, -0.2) is 0 Å². The Bertz CT molecular complexity index is 1080. The normalized spacial score (nSPS) is 11.5. The highest BCUT2D eigenvalue weighted by atomic mass is 79.9. The number of hydrogen-bond acceptors (Lipinski definition) is 1. The fourth-order valence-corrected chi connectivity index (χ4v) is 3.64. The van der Waals surface area contributed by atoms with E-state index in [1.165, 1.54) is 16.5 Å². The molecule has 0 aliphatic heterocycles. The van der Waals surface area contributed by atoms with Gasteiger partial charge in [-0.05, 0) is 41.5 Å². The zero-order chi connectivity index (χ0) is 18.6. The molecule has 0 saturated carbocycles. The first-order valence-electron chi connectivity index (χ1n) is 8.75. The first kappa shape index (κ1) is 18.0. The van der Waals surface area contributed by atoms with Crippen LogP contribution in [0.15, 0.2) is 88.5 Å². The van der Waals surface area contributed by atoms with E-state index >= 15 is 0 Å². The summed E-state index contributed by atoms with van der Waals surface area (Å²) in [5.74, 6) is 0. The summed E-state index contributed by atoms with van der Waals surface area (Å²) in [4.78, 5) is 4.64. The third kappa shape index (κ3) is 4.32. The predicted octanol–water partition coefficient (Wildman–Crippen LogP) is 6.72. The molecule has 0 spiro atoms. The maximum absolute atomic E-state index is 5.95. The van der Waals surface area contributed by atoms with E-state index < -0.39 is 0 Å². The molecule has 1 aromatic heterocycles. The highest BCUT2D eigenvalue weighted by Gasteiger charge is 2.08. The van der Waals surface area contributed by atoms with Gasteiger partial charge in [0.1, 0.15) is 0 Å². The Morgan fingerprint density at radius 1 is 0.926 bits per heavy atom. The Morgan fingerprint density at radius 3 is 2.48 bits per heavy atom. The average molecular weight is 438 g/mol. The Balaban J connectivity index is 1.64. The number of benzene rings is 3. The van der Waals surface area contributed by atoms with E-state index in [2.05, 4.69) is 74.2 Å². The van der Waals surface area contributed by atoms with Gasteiger partial charge in [0, 0.05) is 44.9 Å². The fourth-order valence-electron chi connectivity index (χ4n) is 3.15. The van der Waals surface area contributed by atoms with E-state index in [9.17, 15) is 0 Å². The van der Waals surface area contributed by atoms with E-state index in [4.69, 9.17) is 11.6 Å². The standard InChI is InChI=1S/C23H18BrClN2/c24-20-8-11-23-22(12-20)19(14-26-13-17-6-9-21(25)10-7-17)16-27(23)15-18-4-2-1-3-5-18/h1-12,14,16H,13,15H2. The summed E-state index contributed by atoms with van der Waals surface area (Å²) in [6.07, 6.45) is 4.14. The number of hydrogen-bond donors (Lipinski definition) is 0. The summed E-state index contributed by atoms with van der Waals surface area (Å²) in [6.45, 7) is 1.47. The lowest BCUT2D eigenvalue weighted by molar-refractivity contribution is 0.836. The van der Waals surface area contributed by atoms with Crippen molar-refractivity contribution in [3.63, 3.8) is 0 Å². The van der Waals surface area contributed by atoms with Gasteiger partial charge < -0.3 is 4.57 Å². The maximum atomic E-state index is 5.95. The zero-order valence-electron chi connectivity index (χ0n) is 14.6. The minimum absolute atomic E-state index is 0.635. The third-order valence-electron chi connectivity index (χ3n) is 4.49. The molecule has 0 saturated heterocycles. The van der Waals surface area contributed by atoms with Crippen LogP contribution in [-0.2, 0) is 13.1 Å². The Morgan fingerprint density at radius 2 is 1.70 bits per heavy atom. The van der Waals surface area contributed by atoms with Gasteiger partial charge in [-0.15, -0.1) is 0 Å². The molecule has 1 heterocycles. The second kappa shape index (κ2) is 8.12. The van der Waals surface area contributed by atoms with Crippen molar-refractivity contribution in [2.45, 2.75) is 13.1 Å². The molecule has 0 radical (unpaired) electrons. The van der Waals surface area contributed by atoms with Crippen LogP contribution in [0.1, 0.15) is 16.7 Å². The number of rotatable bonds is 5. The fraction of sp³-hybridized carbons (Fsp3) is 0.0870. The third-order valence-corrected chi connectivity index (χ3v) is 5.23. The predicted molar refractivity (Wildman–Crippen MR) is 118 cm³/mol. The molecular formula is C23H18BrClN2. The smallest absolute Gasteiger partial charge is 0.0640 e. The molecular weight excluding hydrogens is 420 g/mol. The Hall–Kier alpha value is -2.36. The second-order valence-corrected chi connectivity index (χ2v) is 7.81. The van der Waals surface area contributed by atoms with E-state index in [0.717, 1.165) is 27.2 Å². The molecule has 4 rings (SSSR count). The lowest BCUT2D eigenvalue weighted by Gasteiger charge is -2.05. The quantitative estimate of drug-likeness (QED) is 0.308. The summed E-state index contributed by atoms with van der Waals surface area (Å²) < 4.78 is 3.35. The first-order valence-corrected chi connectivity index (χ1v) is 9.93. The van der Waals surface area contributed by atoms with Crippen LogP contribution in [0, 0.1) is 0 Å². The SMILES string of the molecule is Clc1ccc(CN=Cc2cn(Cc3ccccc3)c3ccc(Br)cc23)cc1. The monoisotopic (exact) mass is 436 g/mol. The van der Waals surface area contributed by atoms with E-state index in [1.807, 2.05) is 36.5 Å². The van der Waals surface area contributed by atoms with Crippen LogP contribution in [0.5, 0.6) is 0 Å². The highest BCUT2D eigenvalue weighted by Crippen LogP contribution is 2.25. The molecule has 0 N–H and O–H groups in total. The van der Waals surface area contributed by atoms with Gasteiger partial charge >= 0.3 is 0 Å². The lowest BCUT2D eigenvalue weighted by Crippen LogP contribution is -1.97. The van der Waals surface area contributed by atoms with E-state index in [0.29, 0.717) is 6.54 Å². The van der Waals surface area contributed by atoms with Crippen LogP contribution in [-0.4, -0.2) is 10.8 Å². The molecule has 0 aliphatic carbocycles. The van der Waals surface area contributed by atoms with Crippen LogP contribution >= 0.6 is 27.5 Å². The largest absolute Gasteiger partial charge is 0.342 e. The van der Waals surface area contributed by atoms with Gasteiger partial charge in [0.05, 0.1) is 6.54 Å². The number of nitrogens with zero attached hydrogens (tertiary/aromatic N) is 2. The van der Waals surface area contributed by atoms with Crippen molar-refractivity contribution in [3.8, 4) is 0 Å². The highest BCUT2D eigenvalue weighted by molar-refractivity contribution is 9.10. The van der Waals surface area contributed by atoms with Gasteiger partial charge in [-0.2, -0.15) is 0 Å². The minimum Gasteiger partial charge on any atom is -0.342 e. The van der Waals surface area contributed by atoms with E-state index in [1.54, 1.807) is 0 Å². The van der Waals surface area contributed by atoms with Crippen molar-refractivity contribution >= 4 is 44.6 Å². The molecule has 0 bridgehead atoms. The molecule has 0 aliphatic rings. The van der Waals surface area contributed by atoms with Crippen LogP contribution in [0.2, 0.25) is 5.02 Å². The summed E-state index contributed by atoms with van der Waals surface area (Å²) >= 11 is 9.53. The summed E-state index contributed by atoms with van der Waals surface area (Å²) in [7, 11) is 0. The lowest BCUT2D eigenvalue weighted by atomic mass is 10.2. The maximum Gasteiger partial charge on any atom is 0.0640 e. The van der Waals surface area contributed by atoms with Gasteiger partial charge in [0.25, 0.3) is 0 Å². The molecule has 27 heavy (non-hydrogen) atoms. The molecule has 134 valence electrons. The second-order valence-electron chi connectivity index (χ2n) is 6.46. The van der Waals surface area contributed by atoms with Crippen LogP contribution in [0.3, 0.4) is 0 Å². The zero-order valence-corrected chi connectivity index (χ0v) is 17.0. The van der Waals surface area contributed by atoms with Crippen LogP contribution in [0.4, 0.5) is 0 Å². The molecule has 3 aromatic carbocycles. The van der Waals surface area contributed by atoms with Crippen molar-refractivity contribution in [1.29, 1.82) is 0 Å². The van der Waals surface area contributed by atoms with Crippen molar-refractivity contribution in [2.75, 3.05) is 0 Å². The number of fused-ring (bicyclic) bond motifs is 1. The molecule has 2 nitrogen and oxygen atoms in total. The molecule has 0 fully saturated rings. The number of aliphatic imine (C=N–C) groups is 1. The molecule has 4 aromatic rings. The first-order chi connectivity index (χ1) is 13.2. The number of halogens is 2. The summed E-state index contributed by atoms with van der Waals surface area (Å²) in [5, 5.41) is 1.94. The van der Waals surface area contributed by atoms with Crippen LogP contribution < -0.4 is 0 Å². The molecule has 4 heteroatoms. The van der Waals surface area contributed by atoms with Gasteiger partial charge in [0.15, 0.2) is 0 Å². The van der Waals surface area contributed by atoms with Crippen molar-refractivity contribution in [3.05, 3.63) is 105 Å². The minimum atomic E-state index is 0.635.